The maximum absolute atomic E-state index is 15.2. The second-order valence-corrected chi connectivity index (χ2v) is 12.2. The topological polar surface area (TPSA) is 82.7 Å². The molecular weight excluding hydrogens is 612 g/mol. The van der Waals surface area contributed by atoms with Crippen LogP contribution in [-0.2, 0) is 24.6 Å². The molecule has 6 rings (SSSR count). The van der Waals surface area contributed by atoms with Gasteiger partial charge in [-0.2, -0.15) is 18.3 Å². The van der Waals surface area contributed by atoms with Gasteiger partial charge in [-0.3, -0.25) is 18.8 Å². The molecule has 0 saturated carbocycles. The van der Waals surface area contributed by atoms with Crippen LogP contribution in [0.4, 0.5) is 34.6 Å². The van der Waals surface area contributed by atoms with E-state index in [1.807, 2.05) is 37.3 Å². The van der Waals surface area contributed by atoms with E-state index in [9.17, 15) is 18.0 Å². The first-order chi connectivity index (χ1) is 22.4. The summed E-state index contributed by atoms with van der Waals surface area (Å²) in [6.07, 6.45) is 4.73. The predicted molar refractivity (Wildman–Crippen MR) is 171 cm³/mol. The fourth-order valence-corrected chi connectivity index (χ4v) is 5.70. The largest absolute Gasteiger partial charge is 0.416 e. The van der Waals surface area contributed by atoms with Crippen LogP contribution in [0.25, 0.3) is 5.65 Å². The zero-order chi connectivity index (χ0) is 33.3. The van der Waals surface area contributed by atoms with Gasteiger partial charge >= 0.3 is 6.18 Å². The number of anilines is 3. The van der Waals surface area contributed by atoms with E-state index in [-0.39, 0.29) is 29.8 Å². The van der Waals surface area contributed by atoms with Crippen LogP contribution >= 0.6 is 0 Å². The number of pyridine rings is 1. The lowest BCUT2D eigenvalue weighted by Gasteiger charge is -2.33. The van der Waals surface area contributed by atoms with E-state index in [2.05, 4.69) is 37.5 Å². The van der Waals surface area contributed by atoms with Crippen LogP contribution in [0.3, 0.4) is 0 Å². The first-order valence-electron chi connectivity index (χ1n) is 15.1. The molecule has 0 spiro atoms. The maximum Gasteiger partial charge on any atom is 0.416 e. The van der Waals surface area contributed by atoms with Gasteiger partial charge in [0, 0.05) is 69.8 Å². The Morgan fingerprint density at radius 2 is 1.85 bits per heavy atom. The predicted octanol–water partition coefficient (Wildman–Crippen LogP) is 5.76. The summed E-state index contributed by atoms with van der Waals surface area (Å²) in [5.74, 6) is 4.84. The fourth-order valence-electron chi connectivity index (χ4n) is 5.70. The molecule has 1 aliphatic carbocycles. The Morgan fingerprint density at radius 1 is 1.06 bits per heavy atom. The van der Waals surface area contributed by atoms with Crippen LogP contribution < -0.4 is 10.6 Å². The molecule has 1 amide bonds. The van der Waals surface area contributed by atoms with E-state index in [4.69, 9.17) is 0 Å². The number of halogens is 4. The molecule has 1 saturated heterocycles. The molecule has 47 heavy (non-hydrogen) atoms. The highest BCUT2D eigenvalue weighted by atomic mass is 19.4. The highest BCUT2D eigenvalue weighted by Gasteiger charge is 2.36. The molecule has 1 atom stereocenters. The molecule has 9 nitrogen and oxygen atoms in total. The average molecular weight is 647 g/mol. The lowest BCUT2D eigenvalue weighted by atomic mass is 9.79. The number of amides is 1. The number of carbonyl (C=O) groups excluding carboxylic acids is 1. The van der Waals surface area contributed by atoms with Crippen molar-refractivity contribution in [3.63, 3.8) is 0 Å². The van der Waals surface area contributed by atoms with Gasteiger partial charge < -0.3 is 15.5 Å². The lowest BCUT2D eigenvalue weighted by molar-refractivity contribution is -0.138. The number of imidazole rings is 1. The van der Waals surface area contributed by atoms with Crippen molar-refractivity contribution < 1.29 is 22.4 Å². The number of likely N-dealkylation sites (N-methyl/N-ethyl adjacent to an activating group) is 1. The van der Waals surface area contributed by atoms with Gasteiger partial charge in [-0.05, 0) is 55.8 Å². The molecule has 0 radical (unpaired) electrons. The number of nitrogens with one attached hydrogen (secondary N) is 2. The third-order valence-electron chi connectivity index (χ3n) is 8.44. The van der Waals surface area contributed by atoms with Gasteiger partial charge in [0.15, 0.2) is 5.65 Å². The SMILES string of the molecule is CN1CCN(Cc2ccc(NC(=O)C3=CC=C(F)C(C)(C#Cc4cnc5c(Nc6cnn(C)c6)cccn45)C3)cc2C(F)(F)F)CC1. The molecule has 13 heteroatoms. The van der Waals surface area contributed by atoms with Crippen LogP contribution in [0.15, 0.2) is 78.7 Å². The zero-order valence-corrected chi connectivity index (χ0v) is 26.2. The average Bonchev–Trinajstić information content (AvgIpc) is 3.65. The minimum absolute atomic E-state index is 0.00888. The van der Waals surface area contributed by atoms with Crippen LogP contribution in [0.2, 0.25) is 0 Å². The van der Waals surface area contributed by atoms with Gasteiger partial charge in [0.05, 0.1) is 34.7 Å². The summed E-state index contributed by atoms with van der Waals surface area (Å²) in [5.41, 5.74) is 0.851. The van der Waals surface area contributed by atoms with Crippen molar-refractivity contribution in [3.8, 4) is 11.8 Å². The van der Waals surface area contributed by atoms with E-state index < -0.39 is 28.9 Å². The van der Waals surface area contributed by atoms with Gasteiger partial charge in [-0.1, -0.05) is 18.1 Å². The van der Waals surface area contributed by atoms with E-state index >= 15 is 4.39 Å². The molecule has 4 aromatic rings. The van der Waals surface area contributed by atoms with Gasteiger partial charge in [0.1, 0.15) is 11.5 Å². The van der Waals surface area contributed by atoms with Crippen LogP contribution in [0.1, 0.15) is 30.2 Å². The van der Waals surface area contributed by atoms with Crippen molar-refractivity contribution >= 4 is 28.6 Å². The number of fused-ring (bicyclic) bond motifs is 1. The smallest absolute Gasteiger partial charge is 0.350 e. The molecule has 244 valence electrons. The van der Waals surface area contributed by atoms with Crippen LogP contribution in [0.5, 0.6) is 0 Å². The van der Waals surface area contributed by atoms with Gasteiger partial charge in [0.25, 0.3) is 5.91 Å². The summed E-state index contributed by atoms with van der Waals surface area (Å²) >= 11 is 0. The second kappa shape index (κ2) is 12.7. The summed E-state index contributed by atoms with van der Waals surface area (Å²) in [5, 5.41) is 10.0. The first kappa shape index (κ1) is 32.0. The van der Waals surface area contributed by atoms with Crippen LogP contribution in [0, 0.1) is 17.3 Å². The first-order valence-corrected chi connectivity index (χ1v) is 15.1. The molecule has 2 aliphatic rings. The number of piperazine rings is 1. The molecule has 4 heterocycles. The minimum atomic E-state index is -4.60. The number of hydrogen-bond acceptors (Lipinski definition) is 6. The molecule has 0 bridgehead atoms. The van der Waals surface area contributed by atoms with Crippen molar-refractivity contribution in [2.75, 3.05) is 43.9 Å². The molecule has 1 aromatic carbocycles. The van der Waals surface area contributed by atoms with Gasteiger partial charge in [-0.25, -0.2) is 9.37 Å². The number of benzene rings is 1. The number of carbonyl (C=O) groups is 1. The fraction of sp³-hybridized carbons (Fsp3) is 0.324. The van der Waals surface area contributed by atoms with E-state index in [0.29, 0.717) is 24.4 Å². The Kier molecular flexibility index (Phi) is 8.65. The second-order valence-electron chi connectivity index (χ2n) is 12.2. The van der Waals surface area contributed by atoms with E-state index in [1.54, 1.807) is 34.6 Å². The summed E-state index contributed by atoms with van der Waals surface area (Å²) in [7, 11) is 3.80. The highest BCUT2D eigenvalue weighted by Crippen LogP contribution is 2.39. The summed E-state index contributed by atoms with van der Waals surface area (Å²) < 4.78 is 60.9. The number of aryl methyl sites for hydroxylation is 1. The van der Waals surface area contributed by atoms with Crippen molar-refractivity contribution in [2.24, 2.45) is 12.5 Å². The molecule has 2 N–H and O–H groups in total. The molecule has 3 aromatic heterocycles. The summed E-state index contributed by atoms with van der Waals surface area (Å²) in [6.45, 7) is 4.67. The Bertz CT molecular complexity index is 1940. The number of nitrogens with zero attached hydrogens (tertiary/aromatic N) is 6. The minimum Gasteiger partial charge on any atom is -0.350 e. The van der Waals surface area contributed by atoms with Gasteiger partial charge in [-0.15, -0.1) is 0 Å². The van der Waals surface area contributed by atoms with Crippen LogP contribution in [-0.4, -0.2) is 68.1 Å². The van der Waals surface area contributed by atoms with Crippen molar-refractivity contribution in [3.05, 3.63) is 95.5 Å². The monoisotopic (exact) mass is 646 g/mol. The Balaban J connectivity index is 1.18. The van der Waals surface area contributed by atoms with Gasteiger partial charge in [0.2, 0.25) is 0 Å². The summed E-state index contributed by atoms with van der Waals surface area (Å²) in [6, 6.07) is 7.54. The standard InChI is InChI=1S/C34H34F4N8O/c1-33(11-10-27-20-39-31-29(5-4-12-46(27)31)41-26-19-40-44(3)22-26)18-23(7-9-30(33)35)32(47)42-25-8-6-24(28(17-25)34(36,37)38)21-45-15-13-43(2)14-16-45/h4-9,12,17,19-20,22,41H,13-16,18,21H2,1-3H3,(H,42,47). The molecule has 1 aliphatic heterocycles. The highest BCUT2D eigenvalue weighted by molar-refractivity contribution is 6.04. The van der Waals surface area contributed by atoms with E-state index in [1.165, 1.54) is 24.3 Å². The maximum atomic E-state index is 15.2. The Morgan fingerprint density at radius 3 is 2.57 bits per heavy atom. The van der Waals surface area contributed by atoms with Crippen molar-refractivity contribution in [1.29, 1.82) is 0 Å². The number of rotatable bonds is 6. The number of hydrogen-bond donors (Lipinski definition) is 2. The normalized spacial score (nSPS) is 19.1. The molecule has 1 unspecified atom stereocenters. The Labute approximate surface area is 269 Å². The number of allylic oxidation sites excluding steroid dienone is 3. The number of aromatic nitrogens is 4. The number of alkyl halides is 3. The third-order valence-corrected chi connectivity index (χ3v) is 8.44. The summed E-state index contributed by atoms with van der Waals surface area (Å²) in [4.78, 5) is 21.9. The lowest BCUT2D eigenvalue weighted by Crippen LogP contribution is -2.44. The quantitative estimate of drug-likeness (QED) is 0.205. The molecular formula is C34H34F4N8O. The Hall–Kier alpha value is -4.93. The molecule has 1 fully saturated rings. The van der Waals surface area contributed by atoms with Crippen molar-refractivity contribution in [1.82, 2.24) is 29.0 Å². The van der Waals surface area contributed by atoms with E-state index in [0.717, 1.165) is 30.5 Å². The zero-order valence-electron chi connectivity index (χ0n) is 26.2. The van der Waals surface area contributed by atoms with Crippen molar-refractivity contribution in [2.45, 2.75) is 26.1 Å². The third kappa shape index (κ3) is 7.08.